The van der Waals surface area contributed by atoms with Crippen LogP contribution in [0.15, 0.2) is 18.3 Å². The Hall–Kier alpha value is -1.17. The molecular weight excluding hydrogens is 216 g/mol. The van der Waals surface area contributed by atoms with Gasteiger partial charge in [-0.2, -0.15) is 0 Å². The minimum Gasteiger partial charge on any atom is -0.377 e. The predicted octanol–water partition coefficient (Wildman–Crippen LogP) is 0.976. The maximum Gasteiger partial charge on any atom is 0.0703 e. The van der Waals surface area contributed by atoms with Crippen LogP contribution in [0, 0.1) is 0 Å². The molecular formula is C12H20N4O. The number of nitrogens with one attached hydrogen (secondary N) is 1. The van der Waals surface area contributed by atoms with Crippen LogP contribution in [0.1, 0.15) is 19.0 Å². The minimum absolute atomic E-state index is 0.302. The number of aromatic nitrogens is 1. The first-order valence-electron chi connectivity index (χ1n) is 5.94. The highest BCUT2D eigenvalue weighted by Crippen LogP contribution is 2.20. The number of anilines is 1. The highest BCUT2D eigenvalue weighted by molar-refractivity contribution is 5.41. The number of hydrogen-bond donors (Lipinski definition) is 2. The Morgan fingerprint density at radius 2 is 2.47 bits per heavy atom. The van der Waals surface area contributed by atoms with Crippen molar-refractivity contribution in [3.8, 4) is 0 Å². The van der Waals surface area contributed by atoms with E-state index in [1.165, 1.54) is 0 Å². The molecule has 1 aliphatic rings. The molecule has 2 unspecified atom stereocenters. The molecule has 1 aromatic rings. The fraction of sp³-hybridized carbons (Fsp3) is 0.583. The number of nitrogen functional groups attached to an aromatic ring is 1. The van der Waals surface area contributed by atoms with Gasteiger partial charge < -0.3 is 10.2 Å². The lowest BCUT2D eigenvalue weighted by atomic mass is 10.1. The second-order valence-corrected chi connectivity index (χ2v) is 4.53. The van der Waals surface area contributed by atoms with Crippen LogP contribution in [0.3, 0.4) is 0 Å². The third-order valence-corrected chi connectivity index (χ3v) is 3.30. The van der Waals surface area contributed by atoms with E-state index in [9.17, 15) is 0 Å². The molecule has 5 nitrogen and oxygen atoms in total. The maximum absolute atomic E-state index is 5.57. The molecule has 0 spiro atoms. The number of hydrogen-bond acceptors (Lipinski definition) is 5. The number of nitrogens with zero attached hydrogens (tertiary/aromatic N) is 2. The van der Waals surface area contributed by atoms with E-state index in [1.54, 1.807) is 6.20 Å². The van der Waals surface area contributed by atoms with Crippen LogP contribution >= 0.6 is 0 Å². The molecule has 0 saturated carbocycles. The molecule has 3 N–H and O–H groups in total. The van der Waals surface area contributed by atoms with Gasteiger partial charge in [0.1, 0.15) is 0 Å². The van der Waals surface area contributed by atoms with Gasteiger partial charge in [-0.25, -0.2) is 0 Å². The van der Waals surface area contributed by atoms with Crippen molar-refractivity contribution in [3.05, 3.63) is 24.0 Å². The summed E-state index contributed by atoms with van der Waals surface area (Å²) in [5, 5.41) is 0. The molecule has 5 heteroatoms. The number of pyridine rings is 1. The summed E-state index contributed by atoms with van der Waals surface area (Å²) in [4.78, 5) is 6.64. The molecule has 1 fully saturated rings. The Morgan fingerprint density at radius 1 is 1.65 bits per heavy atom. The first-order chi connectivity index (χ1) is 8.20. The molecule has 0 radical (unpaired) electrons. The zero-order chi connectivity index (χ0) is 12.3. The Balaban J connectivity index is 1.99. The average molecular weight is 236 g/mol. The molecule has 2 heterocycles. The fourth-order valence-electron chi connectivity index (χ4n) is 2.33. The van der Waals surface area contributed by atoms with Gasteiger partial charge in [0.2, 0.25) is 0 Å². The molecule has 0 bridgehead atoms. The number of rotatable bonds is 4. The molecule has 0 aromatic carbocycles. The topological polar surface area (TPSA) is 63.4 Å². The zero-order valence-corrected chi connectivity index (χ0v) is 10.4. The van der Waals surface area contributed by atoms with E-state index >= 15 is 0 Å². The van der Waals surface area contributed by atoms with Gasteiger partial charge in [0, 0.05) is 25.4 Å². The van der Waals surface area contributed by atoms with Gasteiger partial charge in [-0.05, 0) is 32.5 Å². The molecule has 0 aliphatic carbocycles. The molecule has 94 valence electrons. The van der Waals surface area contributed by atoms with Crippen LogP contribution in [0.5, 0.6) is 0 Å². The number of likely N-dealkylation sites (N-methyl/N-ethyl adjacent to an activating group) is 1. The van der Waals surface area contributed by atoms with E-state index in [4.69, 9.17) is 10.6 Å². The fourth-order valence-corrected chi connectivity index (χ4v) is 2.33. The molecule has 1 saturated heterocycles. The summed E-state index contributed by atoms with van der Waals surface area (Å²) in [7, 11) is 2.11. The van der Waals surface area contributed by atoms with E-state index in [0.717, 1.165) is 31.0 Å². The summed E-state index contributed by atoms with van der Waals surface area (Å²) in [5.41, 5.74) is 4.54. The van der Waals surface area contributed by atoms with Gasteiger partial charge >= 0.3 is 0 Å². The third kappa shape index (κ3) is 2.94. The van der Waals surface area contributed by atoms with Crippen molar-refractivity contribution < 1.29 is 4.74 Å². The van der Waals surface area contributed by atoms with E-state index < -0.39 is 0 Å². The Labute approximate surface area is 102 Å². The predicted molar refractivity (Wildman–Crippen MR) is 67.3 cm³/mol. The smallest absolute Gasteiger partial charge is 0.0703 e. The van der Waals surface area contributed by atoms with E-state index in [2.05, 4.69) is 29.3 Å². The van der Waals surface area contributed by atoms with Gasteiger partial charge in [-0.3, -0.25) is 15.7 Å². The van der Waals surface area contributed by atoms with Crippen molar-refractivity contribution in [2.24, 2.45) is 5.84 Å². The minimum atomic E-state index is 0.302. The molecule has 1 aromatic heterocycles. The lowest BCUT2D eigenvalue weighted by Crippen LogP contribution is -2.36. The Kier molecular flexibility index (Phi) is 3.93. The Morgan fingerprint density at radius 3 is 3.12 bits per heavy atom. The van der Waals surface area contributed by atoms with Crippen molar-refractivity contribution in [2.45, 2.75) is 32.0 Å². The second-order valence-electron chi connectivity index (χ2n) is 4.53. The van der Waals surface area contributed by atoms with Crippen molar-refractivity contribution in [2.75, 3.05) is 19.1 Å². The quantitative estimate of drug-likeness (QED) is 0.602. The number of ether oxygens (including phenoxy) is 1. The molecule has 2 rings (SSSR count). The summed E-state index contributed by atoms with van der Waals surface area (Å²) in [6, 6.07) is 4.30. The molecule has 0 amide bonds. The van der Waals surface area contributed by atoms with Crippen LogP contribution in [-0.4, -0.2) is 35.7 Å². The first-order valence-corrected chi connectivity index (χ1v) is 5.94. The van der Waals surface area contributed by atoms with Crippen molar-refractivity contribution in [1.82, 2.24) is 9.88 Å². The highest BCUT2D eigenvalue weighted by atomic mass is 16.5. The van der Waals surface area contributed by atoms with Gasteiger partial charge in [0.15, 0.2) is 0 Å². The van der Waals surface area contributed by atoms with Crippen LogP contribution in [0.2, 0.25) is 0 Å². The Bertz CT molecular complexity index is 371. The highest BCUT2D eigenvalue weighted by Gasteiger charge is 2.27. The number of nitrogens with two attached hydrogens (primary N) is 1. The second kappa shape index (κ2) is 5.44. The van der Waals surface area contributed by atoms with Gasteiger partial charge in [-0.1, -0.05) is 0 Å². The van der Waals surface area contributed by atoms with E-state index in [-0.39, 0.29) is 0 Å². The SMILES string of the molecule is CC1OCCC1N(C)Cc1cc(NN)ccn1. The van der Waals surface area contributed by atoms with Crippen LogP contribution in [-0.2, 0) is 11.3 Å². The molecule has 1 aliphatic heterocycles. The van der Waals surface area contributed by atoms with Gasteiger partial charge in [0.05, 0.1) is 17.5 Å². The normalized spacial score (nSPS) is 24.2. The van der Waals surface area contributed by atoms with E-state index in [0.29, 0.717) is 12.1 Å². The number of hydrazine groups is 1. The maximum atomic E-state index is 5.57. The van der Waals surface area contributed by atoms with Crippen LogP contribution < -0.4 is 11.3 Å². The molecule has 17 heavy (non-hydrogen) atoms. The van der Waals surface area contributed by atoms with E-state index in [1.807, 2.05) is 12.1 Å². The third-order valence-electron chi connectivity index (χ3n) is 3.30. The van der Waals surface area contributed by atoms with Gasteiger partial charge in [0.25, 0.3) is 0 Å². The standard InChI is InChI=1S/C12H20N4O/c1-9-12(4-6-17-9)16(2)8-11-7-10(15-13)3-5-14-11/h3,5,7,9,12H,4,6,8,13H2,1-2H3,(H,14,15). The van der Waals surface area contributed by atoms with Crippen molar-refractivity contribution in [1.29, 1.82) is 0 Å². The average Bonchev–Trinajstić information content (AvgIpc) is 2.76. The van der Waals surface area contributed by atoms with Crippen molar-refractivity contribution >= 4 is 5.69 Å². The first kappa shape index (κ1) is 12.3. The van der Waals surface area contributed by atoms with Crippen LogP contribution in [0.25, 0.3) is 0 Å². The summed E-state index contributed by atoms with van der Waals surface area (Å²) in [6.45, 7) is 3.79. The zero-order valence-electron chi connectivity index (χ0n) is 10.4. The summed E-state index contributed by atoms with van der Waals surface area (Å²) >= 11 is 0. The largest absolute Gasteiger partial charge is 0.377 e. The lowest BCUT2D eigenvalue weighted by Gasteiger charge is -2.26. The van der Waals surface area contributed by atoms with Gasteiger partial charge in [-0.15, -0.1) is 0 Å². The summed E-state index contributed by atoms with van der Waals surface area (Å²) in [6.07, 6.45) is 3.16. The monoisotopic (exact) mass is 236 g/mol. The van der Waals surface area contributed by atoms with Crippen LogP contribution in [0.4, 0.5) is 5.69 Å². The lowest BCUT2D eigenvalue weighted by molar-refractivity contribution is 0.0810. The summed E-state index contributed by atoms with van der Waals surface area (Å²) < 4.78 is 5.57. The molecule has 2 atom stereocenters. The summed E-state index contributed by atoms with van der Waals surface area (Å²) in [5.74, 6) is 5.38. The van der Waals surface area contributed by atoms with Crippen molar-refractivity contribution in [3.63, 3.8) is 0 Å².